The van der Waals surface area contributed by atoms with Crippen molar-refractivity contribution >= 4 is 10.0 Å². The summed E-state index contributed by atoms with van der Waals surface area (Å²) in [5, 5.41) is 2.91. The molecule has 0 spiro atoms. The quantitative estimate of drug-likeness (QED) is 0.879. The number of sulfonamides is 1. The molecule has 1 aliphatic rings. The lowest BCUT2D eigenvalue weighted by molar-refractivity contribution is 0.222. The normalized spacial score (nSPS) is 18.4. The van der Waals surface area contributed by atoms with Crippen LogP contribution in [0.25, 0.3) is 0 Å². The van der Waals surface area contributed by atoms with Crippen molar-refractivity contribution in [2.75, 3.05) is 40.3 Å². The lowest BCUT2D eigenvalue weighted by Crippen LogP contribution is -2.47. The van der Waals surface area contributed by atoms with E-state index in [2.05, 4.69) is 10.2 Å². The van der Waals surface area contributed by atoms with E-state index in [9.17, 15) is 12.8 Å². The first-order valence-electron chi connectivity index (χ1n) is 6.57. The molecule has 1 N–H and O–H groups in total. The molecule has 0 bridgehead atoms. The van der Waals surface area contributed by atoms with Gasteiger partial charge in [0, 0.05) is 32.7 Å². The fourth-order valence-electron chi connectivity index (χ4n) is 2.24. The van der Waals surface area contributed by atoms with Crippen LogP contribution in [0.3, 0.4) is 0 Å². The Labute approximate surface area is 119 Å². The Morgan fingerprint density at radius 3 is 2.45 bits per heavy atom. The Morgan fingerprint density at radius 2 is 1.90 bits per heavy atom. The predicted octanol–water partition coefficient (Wildman–Crippen LogP) is 0.481. The first-order valence-corrected chi connectivity index (χ1v) is 8.01. The molecule has 1 aromatic rings. The maximum Gasteiger partial charge on any atom is 0.246 e. The van der Waals surface area contributed by atoms with Crippen LogP contribution in [0.4, 0.5) is 4.39 Å². The lowest BCUT2D eigenvalue weighted by Gasteiger charge is -2.31. The minimum Gasteiger partial charge on any atom is -0.316 e. The number of piperazine rings is 1. The van der Waals surface area contributed by atoms with E-state index < -0.39 is 15.8 Å². The molecule has 5 nitrogen and oxygen atoms in total. The van der Waals surface area contributed by atoms with Crippen LogP contribution in [-0.2, 0) is 16.6 Å². The van der Waals surface area contributed by atoms with Gasteiger partial charge in [-0.3, -0.25) is 0 Å². The molecule has 1 fully saturated rings. The molecule has 20 heavy (non-hydrogen) atoms. The molecule has 7 heteroatoms. The minimum atomic E-state index is -3.74. The zero-order chi connectivity index (χ0) is 14.8. The van der Waals surface area contributed by atoms with Crippen LogP contribution in [-0.4, -0.2) is 57.9 Å². The van der Waals surface area contributed by atoms with Crippen LogP contribution >= 0.6 is 0 Å². The molecule has 0 aliphatic carbocycles. The molecule has 2 rings (SSSR count). The second-order valence-corrected chi connectivity index (χ2v) is 6.91. The van der Waals surface area contributed by atoms with E-state index >= 15 is 0 Å². The van der Waals surface area contributed by atoms with Crippen molar-refractivity contribution in [3.8, 4) is 0 Å². The summed E-state index contributed by atoms with van der Waals surface area (Å²) < 4.78 is 40.3. The number of rotatable bonds is 4. The first kappa shape index (κ1) is 15.4. The fourth-order valence-corrected chi connectivity index (χ4v) is 3.70. The van der Waals surface area contributed by atoms with Gasteiger partial charge in [-0.1, -0.05) is 6.07 Å². The Morgan fingerprint density at radius 1 is 1.25 bits per heavy atom. The number of hydrogen-bond donors (Lipinski definition) is 1. The molecule has 0 unspecified atom stereocenters. The Hall–Kier alpha value is -1.02. The standard InChI is InChI=1S/C13H20FN3O2S/c1-15-10-11-3-4-13(12(14)9-11)20(18,19)17-7-5-16(2)6-8-17/h3-4,9,15H,5-8,10H2,1-2H3. The molecule has 1 saturated heterocycles. The molecule has 1 heterocycles. The van der Waals surface area contributed by atoms with Gasteiger partial charge in [0.05, 0.1) is 0 Å². The van der Waals surface area contributed by atoms with Crippen LogP contribution in [0.15, 0.2) is 23.1 Å². The minimum absolute atomic E-state index is 0.234. The third-order valence-electron chi connectivity index (χ3n) is 3.46. The highest BCUT2D eigenvalue weighted by Gasteiger charge is 2.29. The molecular formula is C13H20FN3O2S. The van der Waals surface area contributed by atoms with Crippen LogP contribution in [0.5, 0.6) is 0 Å². The summed E-state index contributed by atoms with van der Waals surface area (Å²) in [6.07, 6.45) is 0. The lowest BCUT2D eigenvalue weighted by atomic mass is 10.2. The molecule has 0 amide bonds. The van der Waals surface area contributed by atoms with Crippen LogP contribution in [0.1, 0.15) is 5.56 Å². The van der Waals surface area contributed by atoms with Gasteiger partial charge in [0.1, 0.15) is 10.7 Å². The van der Waals surface area contributed by atoms with Gasteiger partial charge in [-0.2, -0.15) is 4.31 Å². The third kappa shape index (κ3) is 3.17. The van der Waals surface area contributed by atoms with Gasteiger partial charge in [0.25, 0.3) is 0 Å². The van der Waals surface area contributed by atoms with E-state index in [0.29, 0.717) is 32.7 Å². The summed E-state index contributed by atoms with van der Waals surface area (Å²) in [4.78, 5) is 1.82. The molecule has 0 atom stereocenters. The summed E-state index contributed by atoms with van der Waals surface area (Å²) in [7, 11) is -0.0383. The number of hydrogen-bond acceptors (Lipinski definition) is 4. The largest absolute Gasteiger partial charge is 0.316 e. The maximum atomic E-state index is 14.1. The van der Waals surface area contributed by atoms with Crippen molar-refractivity contribution in [2.24, 2.45) is 0 Å². The summed E-state index contributed by atoms with van der Waals surface area (Å²) in [5.74, 6) is -0.684. The number of nitrogens with zero attached hydrogens (tertiary/aromatic N) is 2. The summed E-state index contributed by atoms with van der Waals surface area (Å²) >= 11 is 0. The van der Waals surface area contributed by atoms with Gasteiger partial charge in [0.2, 0.25) is 10.0 Å². The smallest absolute Gasteiger partial charge is 0.246 e. The van der Waals surface area contributed by atoms with Crippen molar-refractivity contribution in [1.29, 1.82) is 0 Å². The van der Waals surface area contributed by atoms with Crippen molar-refractivity contribution in [3.63, 3.8) is 0 Å². The Balaban J connectivity index is 2.25. The Bertz CT molecular complexity index is 569. The fraction of sp³-hybridized carbons (Fsp3) is 0.538. The first-order chi connectivity index (χ1) is 9.45. The van der Waals surface area contributed by atoms with Gasteiger partial charge < -0.3 is 10.2 Å². The van der Waals surface area contributed by atoms with E-state index in [1.54, 1.807) is 13.1 Å². The molecule has 112 valence electrons. The Kier molecular flexibility index (Phi) is 4.74. The van der Waals surface area contributed by atoms with Crippen LogP contribution in [0, 0.1) is 5.82 Å². The monoisotopic (exact) mass is 301 g/mol. The molecule has 1 aromatic carbocycles. The summed E-state index contributed by atoms with van der Waals surface area (Å²) in [5.41, 5.74) is 0.724. The molecule has 0 saturated carbocycles. The number of halogens is 1. The second kappa shape index (κ2) is 6.17. The van der Waals surface area contributed by atoms with Gasteiger partial charge in [-0.15, -0.1) is 0 Å². The van der Waals surface area contributed by atoms with Gasteiger partial charge >= 0.3 is 0 Å². The van der Waals surface area contributed by atoms with E-state index in [-0.39, 0.29) is 4.90 Å². The van der Waals surface area contributed by atoms with E-state index in [0.717, 1.165) is 5.56 Å². The van der Waals surface area contributed by atoms with E-state index in [1.807, 2.05) is 7.05 Å². The highest BCUT2D eigenvalue weighted by molar-refractivity contribution is 7.89. The number of benzene rings is 1. The third-order valence-corrected chi connectivity index (χ3v) is 5.39. The van der Waals surface area contributed by atoms with E-state index in [4.69, 9.17) is 0 Å². The molecule has 0 radical (unpaired) electrons. The zero-order valence-corrected chi connectivity index (χ0v) is 12.6. The molecule has 0 aromatic heterocycles. The van der Waals surface area contributed by atoms with Crippen molar-refractivity contribution in [1.82, 2.24) is 14.5 Å². The van der Waals surface area contributed by atoms with Crippen LogP contribution in [0.2, 0.25) is 0 Å². The van der Waals surface area contributed by atoms with Gasteiger partial charge in [-0.25, -0.2) is 12.8 Å². The number of likely N-dealkylation sites (N-methyl/N-ethyl adjacent to an activating group) is 1. The van der Waals surface area contributed by atoms with Crippen molar-refractivity contribution in [2.45, 2.75) is 11.4 Å². The summed E-state index contributed by atoms with van der Waals surface area (Å²) in [6.45, 7) is 2.64. The maximum absolute atomic E-state index is 14.1. The molecular weight excluding hydrogens is 281 g/mol. The zero-order valence-electron chi connectivity index (χ0n) is 11.8. The molecule has 1 aliphatic heterocycles. The van der Waals surface area contributed by atoms with Crippen molar-refractivity contribution in [3.05, 3.63) is 29.6 Å². The van der Waals surface area contributed by atoms with Gasteiger partial charge in [-0.05, 0) is 31.8 Å². The highest BCUT2D eigenvalue weighted by Crippen LogP contribution is 2.21. The predicted molar refractivity (Wildman–Crippen MR) is 75.4 cm³/mol. The van der Waals surface area contributed by atoms with E-state index in [1.165, 1.54) is 16.4 Å². The second-order valence-electron chi connectivity index (χ2n) is 5.00. The average Bonchev–Trinajstić information content (AvgIpc) is 2.39. The summed E-state index contributed by atoms with van der Waals surface area (Å²) in [6, 6.07) is 4.28. The average molecular weight is 301 g/mol. The van der Waals surface area contributed by atoms with Gasteiger partial charge in [0.15, 0.2) is 0 Å². The highest BCUT2D eigenvalue weighted by atomic mass is 32.2. The SMILES string of the molecule is CNCc1ccc(S(=O)(=O)N2CCN(C)CC2)c(F)c1. The topological polar surface area (TPSA) is 52.7 Å². The van der Waals surface area contributed by atoms with Crippen molar-refractivity contribution < 1.29 is 12.8 Å². The number of nitrogens with one attached hydrogen (secondary N) is 1. The van der Waals surface area contributed by atoms with Crippen LogP contribution < -0.4 is 5.32 Å².